The fourth-order valence-electron chi connectivity index (χ4n) is 1.74. The van der Waals surface area contributed by atoms with Gasteiger partial charge in [-0.05, 0) is 31.0 Å². The van der Waals surface area contributed by atoms with Gasteiger partial charge in [-0.1, -0.05) is 6.07 Å². The van der Waals surface area contributed by atoms with Crippen molar-refractivity contribution >= 4 is 11.9 Å². The quantitative estimate of drug-likeness (QED) is 0.627. The van der Waals surface area contributed by atoms with Crippen LogP contribution in [-0.4, -0.2) is 23.0 Å². The Hall–Kier alpha value is -2.49. The van der Waals surface area contributed by atoms with Crippen LogP contribution in [0.25, 0.3) is 0 Å². The second-order valence-electron chi connectivity index (χ2n) is 4.54. The number of carboxylic acids is 1. The van der Waals surface area contributed by atoms with Crippen LogP contribution in [0.4, 0.5) is 13.2 Å². The van der Waals surface area contributed by atoms with Crippen LogP contribution < -0.4 is 5.32 Å². The number of nitrogens with one attached hydrogen (secondary N) is 1. The highest BCUT2D eigenvalue weighted by molar-refractivity contribution is 5.96. The Kier molecular flexibility index (Phi) is 5.99. The number of alkyl halides is 3. The zero-order valence-corrected chi connectivity index (χ0v) is 11.5. The molecule has 0 fully saturated rings. The first-order chi connectivity index (χ1) is 10.3. The van der Waals surface area contributed by atoms with Gasteiger partial charge < -0.3 is 10.4 Å². The van der Waals surface area contributed by atoms with E-state index in [9.17, 15) is 22.8 Å². The molecule has 2 N–H and O–H groups in total. The van der Waals surface area contributed by atoms with Crippen LogP contribution in [0.3, 0.4) is 0 Å². The Morgan fingerprint density at radius 1 is 1.36 bits per heavy atom. The van der Waals surface area contributed by atoms with Crippen LogP contribution >= 0.6 is 0 Å². The molecule has 1 atom stereocenters. The number of hydrogen-bond acceptors (Lipinski definition) is 2. The average Bonchev–Trinajstić information content (AvgIpc) is 2.45. The number of benzene rings is 1. The van der Waals surface area contributed by atoms with Crippen molar-refractivity contribution < 1.29 is 27.9 Å². The molecule has 0 spiro atoms. The normalized spacial score (nSPS) is 12.3. The minimum atomic E-state index is -4.57. The van der Waals surface area contributed by atoms with E-state index in [-0.39, 0.29) is 12.0 Å². The van der Waals surface area contributed by atoms with E-state index in [0.717, 1.165) is 12.1 Å². The molecular formula is C15H14F3NO3. The van der Waals surface area contributed by atoms with Gasteiger partial charge in [0.15, 0.2) is 0 Å². The average molecular weight is 313 g/mol. The third-order valence-corrected chi connectivity index (χ3v) is 2.87. The zero-order chi connectivity index (χ0) is 16.8. The highest BCUT2D eigenvalue weighted by Crippen LogP contribution is 2.29. The summed E-state index contributed by atoms with van der Waals surface area (Å²) in [6, 6.07) is 2.58. The van der Waals surface area contributed by atoms with Crippen LogP contribution in [-0.2, 0) is 11.0 Å². The predicted molar refractivity (Wildman–Crippen MR) is 73.0 cm³/mol. The second-order valence-corrected chi connectivity index (χ2v) is 4.54. The molecule has 4 nitrogen and oxygen atoms in total. The lowest BCUT2D eigenvalue weighted by atomic mass is 10.1. The third-order valence-electron chi connectivity index (χ3n) is 2.87. The summed E-state index contributed by atoms with van der Waals surface area (Å²) in [5, 5.41) is 11.2. The van der Waals surface area contributed by atoms with Crippen molar-refractivity contribution in [3.63, 3.8) is 0 Å². The molecule has 0 heterocycles. The van der Waals surface area contributed by atoms with Crippen molar-refractivity contribution in [2.75, 3.05) is 0 Å². The van der Waals surface area contributed by atoms with Gasteiger partial charge in [0, 0.05) is 12.0 Å². The fraction of sp³-hybridized carbons (Fsp3) is 0.333. The summed E-state index contributed by atoms with van der Waals surface area (Å²) in [5.74, 6) is 0.198. The van der Waals surface area contributed by atoms with Crippen LogP contribution in [0.5, 0.6) is 0 Å². The highest BCUT2D eigenvalue weighted by atomic mass is 19.4. The molecule has 1 aromatic carbocycles. The number of rotatable bonds is 6. The summed E-state index contributed by atoms with van der Waals surface area (Å²) < 4.78 is 37.7. The molecule has 0 saturated carbocycles. The molecular weight excluding hydrogens is 299 g/mol. The Balaban J connectivity index is 2.82. The summed E-state index contributed by atoms with van der Waals surface area (Å²) in [6.45, 7) is 0. The third kappa shape index (κ3) is 5.13. The maximum absolute atomic E-state index is 12.6. The maximum atomic E-state index is 12.6. The second kappa shape index (κ2) is 7.50. The van der Waals surface area contributed by atoms with Crippen molar-refractivity contribution in [3.8, 4) is 12.3 Å². The smallest absolute Gasteiger partial charge is 0.416 e. The van der Waals surface area contributed by atoms with Gasteiger partial charge in [-0.25, -0.2) is 4.79 Å². The van der Waals surface area contributed by atoms with Crippen molar-refractivity contribution in [1.82, 2.24) is 5.32 Å². The van der Waals surface area contributed by atoms with Crippen molar-refractivity contribution in [2.24, 2.45) is 0 Å². The minimum Gasteiger partial charge on any atom is -0.480 e. The highest BCUT2D eigenvalue weighted by Gasteiger charge is 2.31. The van der Waals surface area contributed by atoms with Crippen molar-refractivity contribution in [2.45, 2.75) is 31.5 Å². The largest absolute Gasteiger partial charge is 0.480 e. The monoisotopic (exact) mass is 313 g/mol. The summed E-state index contributed by atoms with van der Waals surface area (Å²) in [5.41, 5.74) is -1.22. The molecule has 22 heavy (non-hydrogen) atoms. The van der Waals surface area contributed by atoms with Gasteiger partial charge in [0.05, 0.1) is 5.56 Å². The number of carbonyl (C=O) groups excluding carboxylic acids is 1. The lowest BCUT2D eigenvalue weighted by Crippen LogP contribution is -2.40. The molecule has 0 saturated heterocycles. The molecule has 0 radical (unpaired) electrons. The SMILES string of the molecule is C#CCCC[C@H](NC(=O)c1cccc(C(F)(F)F)c1)C(=O)O. The van der Waals surface area contributed by atoms with E-state index in [1.165, 1.54) is 6.07 Å². The first kappa shape index (κ1) is 17.6. The molecule has 118 valence electrons. The molecule has 1 aromatic rings. The molecule has 0 aliphatic carbocycles. The maximum Gasteiger partial charge on any atom is 0.416 e. The number of amides is 1. The molecule has 0 aliphatic heterocycles. The minimum absolute atomic E-state index is 0.101. The van der Waals surface area contributed by atoms with Gasteiger partial charge >= 0.3 is 12.1 Å². The molecule has 0 unspecified atom stereocenters. The molecule has 0 aromatic heterocycles. The van der Waals surface area contributed by atoms with Gasteiger partial charge in [-0.3, -0.25) is 4.79 Å². The molecule has 7 heteroatoms. The lowest BCUT2D eigenvalue weighted by Gasteiger charge is -2.14. The predicted octanol–water partition coefficient (Wildman–Crippen LogP) is 2.69. The van der Waals surface area contributed by atoms with Crippen molar-refractivity contribution in [3.05, 3.63) is 35.4 Å². The number of carbonyl (C=O) groups is 2. The Morgan fingerprint density at radius 3 is 2.59 bits per heavy atom. The molecule has 1 amide bonds. The first-order valence-electron chi connectivity index (χ1n) is 6.40. The van der Waals surface area contributed by atoms with Gasteiger partial charge in [0.25, 0.3) is 5.91 Å². The summed E-state index contributed by atoms with van der Waals surface area (Å²) in [6.07, 6.45) is 1.31. The molecule has 0 bridgehead atoms. The van der Waals surface area contributed by atoms with Crippen LogP contribution in [0.1, 0.15) is 35.2 Å². The van der Waals surface area contributed by atoms with E-state index in [0.29, 0.717) is 18.9 Å². The van der Waals surface area contributed by atoms with E-state index >= 15 is 0 Å². The van der Waals surface area contributed by atoms with Gasteiger partial charge in [-0.15, -0.1) is 12.3 Å². The number of terminal acetylenes is 1. The number of unbranched alkanes of at least 4 members (excludes halogenated alkanes) is 1. The number of carboxylic acid groups (broad SMARTS) is 1. The van der Waals surface area contributed by atoms with E-state index in [1.807, 2.05) is 0 Å². The van der Waals surface area contributed by atoms with Crippen LogP contribution in [0.2, 0.25) is 0 Å². The summed E-state index contributed by atoms with van der Waals surface area (Å²) in [7, 11) is 0. The van der Waals surface area contributed by atoms with Crippen LogP contribution in [0, 0.1) is 12.3 Å². The van der Waals surface area contributed by atoms with Gasteiger partial charge in [0.1, 0.15) is 6.04 Å². The topological polar surface area (TPSA) is 66.4 Å². The standard InChI is InChI=1S/C15H14F3NO3/c1-2-3-4-8-12(14(21)22)19-13(20)10-6-5-7-11(9-10)15(16,17)18/h1,5-7,9,12H,3-4,8H2,(H,19,20)(H,21,22)/t12-/m0/s1. The first-order valence-corrected chi connectivity index (χ1v) is 6.40. The van der Waals surface area contributed by atoms with Gasteiger partial charge in [0.2, 0.25) is 0 Å². The van der Waals surface area contributed by atoms with Crippen molar-refractivity contribution in [1.29, 1.82) is 0 Å². The number of aliphatic carboxylic acids is 1. The fourth-order valence-corrected chi connectivity index (χ4v) is 1.74. The van der Waals surface area contributed by atoms with E-state index in [2.05, 4.69) is 11.2 Å². The van der Waals surface area contributed by atoms with Gasteiger partial charge in [-0.2, -0.15) is 13.2 Å². The Labute approximate surface area is 125 Å². The Morgan fingerprint density at radius 2 is 2.05 bits per heavy atom. The summed E-state index contributed by atoms with van der Waals surface area (Å²) >= 11 is 0. The van der Waals surface area contributed by atoms with Crippen LogP contribution in [0.15, 0.2) is 24.3 Å². The molecule has 1 rings (SSSR count). The number of halogens is 3. The van der Waals surface area contributed by atoms with E-state index < -0.39 is 29.7 Å². The number of hydrogen-bond donors (Lipinski definition) is 2. The summed E-state index contributed by atoms with van der Waals surface area (Å²) in [4.78, 5) is 22.9. The Bertz CT molecular complexity index is 590. The zero-order valence-electron chi connectivity index (χ0n) is 11.5. The molecule has 0 aliphatic rings. The van der Waals surface area contributed by atoms with E-state index in [1.54, 1.807) is 0 Å². The van der Waals surface area contributed by atoms with E-state index in [4.69, 9.17) is 11.5 Å². The lowest BCUT2D eigenvalue weighted by molar-refractivity contribution is -0.139.